The van der Waals surface area contributed by atoms with Gasteiger partial charge in [-0.1, -0.05) is 18.2 Å². The second kappa shape index (κ2) is 4.65. The maximum atomic E-state index is 13.6. The third-order valence-electron chi connectivity index (χ3n) is 2.36. The van der Waals surface area contributed by atoms with Gasteiger partial charge in [0.15, 0.2) is 0 Å². The lowest BCUT2D eigenvalue weighted by molar-refractivity contribution is 0.601. The van der Waals surface area contributed by atoms with Crippen molar-refractivity contribution in [3.05, 3.63) is 55.9 Å². The van der Waals surface area contributed by atoms with Crippen LogP contribution >= 0.6 is 27.3 Å². The second-order valence-electron chi connectivity index (χ2n) is 3.57. The van der Waals surface area contributed by atoms with Gasteiger partial charge in [0.2, 0.25) is 0 Å². The molecular weight excluding hydrogens is 289 g/mol. The number of hydrogen-bond donors (Lipinski definition) is 1. The molecule has 1 nitrogen and oxygen atoms in total. The molecular formula is C12H11BrFNS. The van der Waals surface area contributed by atoms with Crippen LogP contribution in [0.5, 0.6) is 0 Å². The summed E-state index contributed by atoms with van der Waals surface area (Å²) in [5.74, 6) is -0.257. The molecule has 2 aromatic rings. The van der Waals surface area contributed by atoms with E-state index in [-0.39, 0.29) is 5.82 Å². The van der Waals surface area contributed by atoms with Crippen molar-refractivity contribution in [2.24, 2.45) is 5.73 Å². The molecule has 0 aliphatic heterocycles. The Balaban J connectivity index is 2.43. The average molecular weight is 300 g/mol. The summed E-state index contributed by atoms with van der Waals surface area (Å²) in [4.78, 5) is 2.12. The zero-order chi connectivity index (χ0) is 11.7. The molecule has 0 saturated carbocycles. The molecule has 1 heterocycles. The van der Waals surface area contributed by atoms with Crippen molar-refractivity contribution in [2.45, 2.75) is 13.0 Å². The van der Waals surface area contributed by atoms with Crippen LogP contribution < -0.4 is 5.73 Å². The van der Waals surface area contributed by atoms with Crippen LogP contribution in [0.2, 0.25) is 0 Å². The lowest BCUT2D eigenvalue weighted by Crippen LogP contribution is -2.12. The Morgan fingerprint density at radius 3 is 2.62 bits per heavy atom. The van der Waals surface area contributed by atoms with Gasteiger partial charge >= 0.3 is 0 Å². The third kappa shape index (κ3) is 2.19. The van der Waals surface area contributed by atoms with Crippen LogP contribution in [0, 0.1) is 12.7 Å². The number of hydrogen-bond acceptors (Lipinski definition) is 2. The summed E-state index contributed by atoms with van der Waals surface area (Å²) < 4.78 is 14.5. The largest absolute Gasteiger partial charge is 0.319 e. The van der Waals surface area contributed by atoms with E-state index in [0.717, 1.165) is 14.2 Å². The van der Waals surface area contributed by atoms with Crippen molar-refractivity contribution < 1.29 is 4.39 Å². The zero-order valence-electron chi connectivity index (χ0n) is 8.71. The Morgan fingerprint density at radius 1 is 1.38 bits per heavy atom. The summed E-state index contributed by atoms with van der Waals surface area (Å²) in [6, 6.07) is 8.22. The van der Waals surface area contributed by atoms with Crippen molar-refractivity contribution >= 4 is 27.3 Å². The number of aryl methyl sites for hydroxylation is 1. The summed E-state index contributed by atoms with van der Waals surface area (Å²) in [7, 11) is 0. The smallest absolute Gasteiger partial charge is 0.128 e. The molecule has 0 bridgehead atoms. The lowest BCUT2D eigenvalue weighted by atomic mass is 10.1. The molecule has 84 valence electrons. The van der Waals surface area contributed by atoms with Crippen LogP contribution in [0.25, 0.3) is 0 Å². The van der Waals surface area contributed by atoms with E-state index in [1.165, 1.54) is 6.07 Å². The first-order valence-electron chi connectivity index (χ1n) is 4.85. The molecule has 1 aromatic heterocycles. The number of thiophene rings is 1. The van der Waals surface area contributed by atoms with Gasteiger partial charge < -0.3 is 5.73 Å². The molecule has 2 N–H and O–H groups in total. The highest BCUT2D eigenvalue weighted by atomic mass is 79.9. The van der Waals surface area contributed by atoms with Gasteiger partial charge in [-0.05, 0) is 35.0 Å². The van der Waals surface area contributed by atoms with E-state index in [1.54, 1.807) is 29.5 Å². The van der Waals surface area contributed by atoms with Crippen LogP contribution in [0.3, 0.4) is 0 Å². The molecule has 1 aromatic carbocycles. The molecule has 0 amide bonds. The molecule has 0 fully saturated rings. The quantitative estimate of drug-likeness (QED) is 0.891. The predicted molar refractivity (Wildman–Crippen MR) is 69.2 cm³/mol. The van der Waals surface area contributed by atoms with Gasteiger partial charge in [-0.2, -0.15) is 0 Å². The number of benzene rings is 1. The fraction of sp³-hybridized carbons (Fsp3) is 0.167. The van der Waals surface area contributed by atoms with E-state index >= 15 is 0 Å². The van der Waals surface area contributed by atoms with E-state index in [1.807, 2.05) is 13.0 Å². The highest BCUT2D eigenvalue weighted by Gasteiger charge is 2.17. The fourth-order valence-corrected chi connectivity index (χ4v) is 3.50. The number of nitrogens with two attached hydrogens (primary N) is 1. The van der Waals surface area contributed by atoms with Gasteiger partial charge in [0.1, 0.15) is 5.82 Å². The molecule has 0 radical (unpaired) electrons. The van der Waals surface area contributed by atoms with Crippen LogP contribution in [0.15, 0.2) is 34.8 Å². The fourth-order valence-electron chi connectivity index (χ4n) is 1.58. The third-order valence-corrected chi connectivity index (χ3v) is 4.41. The molecule has 0 aliphatic rings. The van der Waals surface area contributed by atoms with Gasteiger partial charge in [-0.15, -0.1) is 11.3 Å². The first-order chi connectivity index (χ1) is 7.59. The normalized spacial score (nSPS) is 12.8. The molecule has 1 atom stereocenters. The van der Waals surface area contributed by atoms with Crippen molar-refractivity contribution in [3.8, 4) is 0 Å². The summed E-state index contributed by atoms with van der Waals surface area (Å²) >= 11 is 5.03. The minimum Gasteiger partial charge on any atom is -0.319 e. The van der Waals surface area contributed by atoms with Crippen LogP contribution in [0.4, 0.5) is 4.39 Å². The summed E-state index contributed by atoms with van der Waals surface area (Å²) in [5.41, 5.74) is 6.60. The minimum absolute atomic E-state index is 0.257. The van der Waals surface area contributed by atoms with Crippen LogP contribution in [0.1, 0.15) is 21.4 Å². The second-order valence-corrected chi connectivity index (χ2v) is 5.71. The lowest BCUT2D eigenvalue weighted by Gasteiger charge is -2.11. The highest BCUT2D eigenvalue weighted by Crippen LogP contribution is 2.34. The van der Waals surface area contributed by atoms with Crippen molar-refractivity contribution in [1.29, 1.82) is 0 Å². The first kappa shape index (κ1) is 11.8. The molecule has 0 spiro atoms. The maximum Gasteiger partial charge on any atom is 0.128 e. The van der Waals surface area contributed by atoms with E-state index < -0.39 is 6.04 Å². The van der Waals surface area contributed by atoms with Gasteiger partial charge in [0.25, 0.3) is 0 Å². The van der Waals surface area contributed by atoms with Crippen molar-refractivity contribution in [1.82, 2.24) is 0 Å². The Hall–Kier alpha value is -0.710. The van der Waals surface area contributed by atoms with E-state index in [9.17, 15) is 4.39 Å². The Morgan fingerprint density at radius 2 is 2.06 bits per heavy atom. The summed E-state index contributed by atoms with van der Waals surface area (Å²) in [6.45, 7) is 2.01. The van der Waals surface area contributed by atoms with E-state index in [0.29, 0.717) is 5.56 Å². The first-order valence-corrected chi connectivity index (χ1v) is 6.46. The number of halogens is 2. The molecule has 1 unspecified atom stereocenters. The summed E-state index contributed by atoms with van der Waals surface area (Å²) in [5, 5.41) is 0. The number of rotatable bonds is 2. The standard InChI is InChI=1S/C12H11BrFNS/c1-7-6-9(13)12(16-7)11(15)8-4-2-3-5-10(8)14/h2-6,11H,15H2,1H3. The monoisotopic (exact) mass is 299 g/mol. The van der Waals surface area contributed by atoms with Gasteiger partial charge in [0, 0.05) is 19.8 Å². The topological polar surface area (TPSA) is 26.0 Å². The van der Waals surface area contributed by atoms with Crippen molar-refractivity contribution in [3.63, 3.8) is 0 Å². The van der Waals surface area contributed by atoms with Gasteiger partial charge in [-0.25, -0.2) is 4.39 Å². The SMILES string of the molecule is Cc1cc(Br)c(C(N)c2ccccc2F)s1. The molecule has 0 aliphatic carbocycles. The molecule has 0 saturated heterocycles. The Kier molecular flexibility index (Phi) is 3.42. The zero-order valence-corrected chi connectivity index (χ0v) is 11.1. The average Bonchev–Trinajstić information content (AvgIpc) is 2.58. The van der Waals surface area contributed by atoms with Crippen LogP contribution in [-0.2, 0) is 0 Å². The molecule has 4 heteroatoms. The van der Waals surface area contributed by atoms with Crippen molar-refractivity contribution in [2.75, 3.05) is 0 Å². The van der Waals surface area contributed by atoms with Gasteiger partial charge in [0.05, 0.1) is 6.04 Å². The van der Waals surface area contributed by atoms with Gasteiger partial charge in [-0.3, -0.25) is 0 Å². The van der Waals surface area contributed by atoms with E-state index in [4.69, 9.17) is 5.73 Å². The van der Waals surface area contributed by atoms with Crippen LogP contribution in [-0.4, -0.2) is 0 Å². The Labute approximate surface area is 106 Å². The molecule has 2 rings (SSSR count). The Bertz CT molecular complexity index is 509. The highest BCUT2D eigenvalue weighted by molar-refractivity contribution is 9.10. The molecule has 16 heavy (non-hydrogen) atoms. The minimum atomic E-state index is -0.408. The van der Waals surface area contributed by atoms with E-state index in [2.05, 4.69) is 15.9 Å². The maximum absolute atomic E-state index is 13.6. The predicted octanol–water partition coefficient (Wildman–Crippen LogP) is 4.01. The summed E-state index contributed by atoms with van der Waals surface area (Å²) in [6.07, 6.45) is 0.